The Morgan fingerprint density at radius 3 is 2.55 bits per heavy atom. The lowest BCUT2D eigenvalue weighted by molar-refractivity contribution is -0.138. The number of rotatable bonds is 3. The van der Waals surface area contributed by atoms with E-state index < -0.39 is 12.4 Å². The van der Waals surface area contributed by atoms with Crippen molar-refractivity contribution in [2.24, 2.45) is 0 Å². The highest BCUT2D eigenvalue weighted by molar-refractivity contribution is 5.87. The number of alkyl halides is 2. The first-order valence-corrected chi connectivity index (χ1v) is 3.21. The number of carbonyl (C=O) groups excluding carboxylic acids is 1. The molecule has 0 atom stereocenters. The molecule has 0 radical (unpaired) electrons. The zero-order valence-electron chi connectivity index (χ0n) is 6.43. The Hall–Kier alpha value is -0.930. The van der Waals surface area contributed by atoms with E-state index in [0.29, 0.717) is 6.08 Å². The first-order chi connectivity index (χ1) is 5.07. The summed E-state index contributed by atoms with van der Waals surface area (Å²) >= 11 is 0. The Kier molecular flexibility index (Phi) is 4.41. The van der Waals surface area contributed by atoms with Crippen LogP contribution in [0.2, 0.25) is 0 Å². The zero-order chi connectivity index (χ0) is 8.85. The second kappa shape index (κ2) is 4.82. The number of hydrogen-bond acceptors (Lipinski definition) is 2. The molecule has 0 aliphatic heterocycles. The Morgan fingerprint density at radius 1 is 1.64 bits per heavy atom. The average Bonchev–Trinajstić information content (AvgIpc) is 1.86. The summed E-state index contributed by atoms with van der Waals surface area (Å²) in [7, 11) is 0. The van der Waals surface area contributed by atoms with Gasteiger partial charge in [-0.15, -0.1) is 0 Å². The molecule has 0 aliphatic carbocycles. The maximum Gasteiger partial charge on any atom is 0.333 e. The van der Waals surface area contributed by atoms with E-state index in [2.05, 4.69) is 4.74 Å². The summed E-state index contributed by atoms with van der Waals surface area (Å²) in [5.74, 6) is -0.687. The van der Waals surface area contributed by atoms with Crippen LogP contribution in [-0.2, 0) is 9.53 Å². The van der Waals surface area contributed by atoms with Gasteiger partial charge in [-0.2, -0.15) is 0 Å². The molecule has 2 nitrogen and oxygen atoms in total. The highest BCUT2D eigenvalue weighted by Gasteiger charge is 2.06. The van der Waals surface area contributed by atoms with Crippen molar-refractivity contribution >= 4 is 5.97 Å². The lowest BCUT2D eigenvalue weighted by Gasteiger charge is -2.00. The van der Waals surface area contributed by atoms with Gasteiger partial charge in [0.2, 0.25) is 0 Å². The van der Waals surface area contributed by atoms with Crippen LogP contribution in [0.15, 0.2) is 11.6 Å². The van der Waals surface area contributed by atoms with Gasteiger partial charge in [0.15, 0.2) is 0 Å². The van der Waals surface area contributed by atoms with Gasteiger partial charge in [-0.3, -0.25) is 0 Å². The number of halogens is 2. The summed E-state index contributed by atoms with van der Waals surface area (Å²) in [6, 6.07) is 0. The highest BCUT2D eigenvalue weighted by atomic mass is 19.3. The fourth-order valence-electron chi connectivity index (χ4n) is 0.502. The van der Waals surface area contributed by atoms with Gasteiger partial charge < -0.3 is 4.74 Å². The Balaban J connectivity index is 4.01. The van der Waals surface area contributed by atoms with Gasteiger partial charge in [0.1, 0.15) is 0 Å². The van der Waals surface area contributed by atoms with Crippen LogP contribution in [0.1, 0.15) is 13.8 Å². The van der Waals surface area contributed by atoms with E-state index in [-0.39, 0.29) is 12.2 Å². The molecule has 0 saturated carbocycles. The van der Waals surface area contributed by atoms with E-state index in [1.165, 1.54) is 6.92 Å². The number of carbonyl (C=O) groups is 1. The molecule has 11 heavy (non-hydrogen) atoms. The number of hydrogen-bond donors (Lipinski definition) is 0. The van der Waals surface area contributed by atoms with Crippen molar-refractivity contribution in [3.8, 4) is 0 Å². The largest absolute Gasteiger partial charge is 0.463 e. The fraction of sp³-hybridized carbons (Fsp3) is 0.571. The van der Waals surface area contributed by atoms with Gasteiger partial charge in [0.05, 0.1) is 6.61 Å². The van der Waals surface area contributed by atoms with Gasteiger partial charge in [0, 0.05) is 5.57 Å². The Labute approximate surface area is 63.8 Å². The van der Waals surface area contributed by atoms with Gasteiger partial charge in [-0.1, -0.05) is 0 Å². The topological polar surface area (TPSA) is 26.3 Å². The summed E-state index contributed by atoms with van der Waals surface area (Å²) in [6.45, 7) is 3.12. The number of allylic oxidation sites excluding steroid dienone is 1. The molecule has 0 unspecified atom stereocenters. The van der Waals surface area contributed by atoms with E-state index in [1.807, 2.05) is 0 Å². The van der Waals surface area contributed by atoms with E-state index >= 15 is 0 Å². The quantitative estimate of drug-likeness (QED) is 0.469. The molecule has 0 rings (SSSR count). The smallest absolute Gasteiger partial charge is 0.333 e. The average molecular weight is 164 g/mol. The van der Waals surface area contributed by atoms with Crippen molar-refractivity contribution in [3.63, 3.8) is 0 Å². The van der Waals surface area contributed by atoms with Crippen molar-refractivity contribution in [1.29, 1.82) is 0 Å². The van der Waals surface area contributed by atoms with Crippen LogP contribution in [0, 0.1) is 0 Å². The van der Waals surface area contributed by atoms with Gasteiger partial charge in [0.25, 0.3) is 6.43 Å². The maximum absolute atomic E-state index is 11.6. The molecular formula is C7H10F2O2. The minimum Gasteiger partial charge on any atom is -0.463 e. The SMILES string of the molecule is CCOC(=O)/C(C)=C/C(F)F. The van der Waals surface area contributed by atoms with Gasteiger partial charge >= 0.3 is 5.97 Å². The lowest BCUT2D eigenvalue weighted by atomic mass is 10.3. The molecule has 0 aliphatic rings. The molecular weight excluding hydrogens is 154 g/mol. The summed E-state index contributed by atoms with van der Waals surface area (Å²) in [6.07, 6.45) is -2.03. The predicted octanol–water partition coefficient (Wildman–Crippen LogP) is 1.76. The second-order valence-corrected chi connectivity index (χ2v) is 1.90. The van der Waals surface area contributed by atoms with Crippen LogP contribution >= 0.6 is 0 Å². The van der Waals surface area contributed by atoms with E-state index in [1.54, 1.807) is 6.92 Å². The maximum atomic E-state index is 11.6. The van der Waals surface area contributed by atoms with Crippen molar-refractivity contribution in [2.45, 2.75) is 20.3 Å². The molecule has 0 spiro atoms. The molecule has 4 heteroatoms. The van der Waals surface area contributed by atoms with Crippen LogP contribution in [0.4, 0.5) is 8.78 Å². The molecule has 0 fully saturated rings. The van der Waals surface area contributed by atoms with E-state index in [4.69, 9.17) is 0 Å². The monoisotopic (exact) mass is 164 g/mol. The van der Waals surface area contributed by atoms with Crippen LogP contribution in [-0.4, -0.2) is 19.0 Å². The molecule has 0 aromatic heterocycles. The molecule has 0 N–H and O–H groups in total. The molecule has 0 bridgehead atoms. The van der Waals surface area contributed by atoms with Crippen molar-refractivity contribution in [2.75, 3.05) is 6.61 Å². The van der Waals surface area contributed by atoms with Gasteiger partial charge in [-0.25, -0.2) is 13.6 Å². The molecule has 0 saturated heterocycles. The minimum absolute atomic E-state index is 0.0538. The predicted molar refractivity (Wildman–Crippen MR) is 36.4 cm³/mol. The number of ether oxygens (including phenoxy) is 1. The van der Waals surface area contributed by atoms with Crippen molar-refractivity contribution in [1.82, 2.24) is 0 Å². The van der Waals surface area contributed by atoms with Crippen LogP contribution in [0.3, 0.4) is 0 Å². The Bertz CT molecular complexity index is 164. The molecule has 64 valence electrons. The second-order valence-electron chi connectivity index (χ2n) is 1.90. The molecule has 0 heterocycles. The standard InChI is InChI=1S/C7H10F2O2/c1-3-11-7(10)5(2)4-6(8)9/h4,6H,3H2,1-2H3/b5-4+. The highest BCUT2D eigenvalue weighted by Crippen LogP contribution is 2.02. The first kappa shape index (κ1) is 10.1. The Morgan fingerprint density at radius 2 is 2.18 bits per heavy atom. The summed E-state index contributed by atoms with van der Waals surface area (Å²) in [4.78, 5) is 10.7. The third kappa shape index (κ3) is 4.47. The van der Waals surface area contributed by atoms with Gasteiger partial charge in [-0.05, 0) is 19.9 Å². The van der Waals surface area contributed by atoms with Crippen molar-refractivity contribution < 1.29 is 18.3 Å². The molecule has 0 amide bonds. The summed E-state index contributed by atoms with van der Waals surface area (Å²) in [5.41, 5.74) is -0.0538. The third-order valence-electron chi connectivity index (χ3n) is 0.973. The van der Waals surface area contributed by atoms with E-state index in [0.717, 1.165) is 0 Å². The molecule has 0 aromatic rings. The fourth-order valence-corrected chi connectivity index (χ4v) is 0.502. The minimum atomic E-state index is -2.60. The zero-order valence-corrected chi connectivity index (χ0v) is 6.43. The summed E-state index contributed by atoms with van der Waals surface area (Å²) < 4.78 is 27.7. The third-order valence-corrected chi connectivity index (χ3v) is 0.973. The number of esters is 1. The lowest BCUT2D eigenvalue weighted by Crippen LogP contribution is -2.06. The first-order valence-electron chi connectivity index (χ1n) is 3.21. The van der Waals surface area contributed by atoms with Crippen molar-refractivity contribution in [3.05, 3.63) is 11.6 Å². The van der Waals surface area contributed by atoms with Crippen LogP contribution in [0.25, 0.3) is 0 Å². The van der Waals surface area contributed by atoms with Crippen LogP contribution < -0.4 is 0 Å². The summed E-state index contributed by atoms with van der Waals surface area (Å²) in [5, 5.41) is 0. The van der Waals surface area contributed by atoms with Crippen LogP contribution in [0.5, 0.6) is 0 Å². The normalized spacial score (nSPS) is 11.9. The van der Waals surface area contributed by atoms with E-state index in [9.17, 15) is 13.6 Å². The molecule has 0 aromatic carbocycles.